The number of hydrogen-bond donors (Lipinski definition) is 0. The summed E-state index contributed by atoms with van der Waals surface area (Å²) in [5.41, 5.74) is 1.18. The lowest BCUT2D eigenvalue weighted by molar-refractivity contribution is 0.0659. The predicted molar refractivity (Wildman–Crippen MR) is 99.2 cm³/mol. The van der Waals surface area contributed by atoms with Crippen LogP contribution in [0.2, 0.25) is 5.02 Å². The van der Waals surface area contributed by atoms with Crippen LogP contribution >= 0.6 is 11.6 Å². The van der Waals surface area contributed by atoms with Gasteiger partial charge in [0.25, 0.3) is 5.91 Å². The molecule has 0 aliphatic carbocycles. The Morgan fingerprint density at radius 1 is 1.27 bits per heavy atom. The average Bonchev–Trinajstić information content (AvgIpc) is 3.06. The van der Waals surface area contributed by atoms with Crippen LogP contribution in [0.25, 0.3) is 11.0 Å². The molecule has 0 spiro atoms. The molecule has 1 aromatic heterocycles. The van der Waals surface area contributed by atoms with Gasteiger partial charge in [-0.2, -0.15) is 0 Å². The van der Waals surface area contributed by atoms with E-state index >= 15 is 0 Å². The first-order valence-corrected chi connectivity index (χ1v) is 8.60. The maximum absolute atomic E-state index is 13.7. The Kier molecular flexibility index (Phi) is 5.18. The molecule has 26 heavy (non-hydrogen) atoms. The van der Waals surface area contributed by atoms with Crippen molar-refractivity contribution < 1.29 is 18.3 Å². The monoisotopic (exact) mass is 375 g/mol. The topological polar surface area (TPSA) is 42.7 Å². The lowest BCUT2D eigenvalue weighted by Gasteiger charge is -2.26. The quantitative estimate of drug-likeness (QED) is 0.609. The van der Waals surface area contributed by atoms with Crippen molar-refractivity contribution in [1.29, 1.82) is 0 Å². The van der Waals surface area contributed by atoms with Crippen LogP contribution in [0.3, 0.4) is 0 Å². The molecule has 6 heteroatoms. The van der Waals surface area contributed by atoms with E-state index in [-0.39, 0.29) is 29.3 Å². The third-order valence-electron chi connectivity index (χ3n) is 4.16. The minimum Gasteiger partial charge on any atom is -0.493 e. The first kappa shape index (κ1) is 18.3. The number of nitrogens with zero attached hydrogens (tertiary/aromatic N) is 1. The SMILES string of the molecule is COc1cccc2cc(C(=O)N(Cc3ccc(Cl)c(F)c3)C(C)C)oc12. The van der Waals surface area contributed by atoms with E-state index in [9.17, 15) is 9.18 Å². The van der Waals surface area contributed by atoms with E-state index in [0.717, 1.165) is 5.39 Å². The van der Waals surface area contributed by atoms with Crippen LogP contribution in [-0.2, 0) is 6.54 Å². The van der Waals surface area contributed by atoms with E-state index in [2.05, 4.69) is 0 Å². The number of benzene rings is 2. The van der Waals surface area contributed by atoms with Crippen molar-refractivity contribution >= 4 is 28.5 Å². The zero-order valence-corrected chi connectivity index (χ0v) is 15.5. The predicted octanol–water partition coefficient (Wildman–Crippen LogP) is 5.28. The number of rotatable bonds is 5. The summed E-state index contributed by atoms with van der Waals surface area (Å²) in [5.74, 6) is 0.00691. The fraction of sp³-hybridized carbons (Fsp3) is 0.250. The van der Waals surface area contributed by atoms with Crippen LogP contribution in [0, 0.1) is 5.82 Å². The molecule has 0 atom stereocenters. The van der Waals surface area contributed by atoms with Gasteiger partial charge in [0.15, 0.2) is 17.1 Å². The van der Waals surface area contributed by atoms with Gasteiger partial charge < -0.3 is 14.1 Å². The Balaban J connectivity index is 1.92. The van der Waals surface area contributed by atoms with E-state index in [4.69, 9.17) is 20.8 Å². The van der Waals surface area contributed by atoms with E-state index in [0.29, 0.717) is 16.9 Å². The molecule has 3 aromatic rings. The number of methoxy groups -OCH3 is 1. The van der Waals surface area contributed by atoms with Gasteiger partial charge in [0.2, 0.25) is 0 Å². The Morgan fingerprint density at radius 2 is 2.04 bits per heavy atom. The van der Waals surface area contributed by atoms with E-state index in [1.807, 2.05) is 26.0 Å². The number of carbonyl (C=O) groups excluding carboxylic acids is 1. The molecule has 0 radical (unpaired) electrons. The van der Waals surface area contributed by atoms with E-state index in [1.165, 1.54) is 12.1 Å². The van der Waals surface area contributed by atoms with Crippen LogP contribution in [0.15, 0.2) is 46.9 Å². The zero-order valence-electron chi connectivity index (χ0n) is 14.8. The first-order chi connectivity index (χ1) is 12.4. The highest BCUT2D eigenvalue weighted by Gasteiger charge is 2.23. The number of furan rings is 1. The van der Waals surface area contributed by atoms with Crippen LogP contribution in [0.5, 0.6) is 5.75 Å². The Morgan fingerprint density at radius 3 is 2.69 bits per heavy atom. The number of para-hydroxylation sites is 1. The van der Waals surface area contributed by atoms with Gasteiger partial charge in [0.05, 0.1) is 12.1 Å². The third-order valence-corrected chi connectivity index (χ3v) is 4.47. The van der Waals surface area contributed by atoms with E-state index < -0.39 is 5.82 Å². The van der Waals surface area contributed by atoms with Crippen molar-refractivity contribution in [3.63, 3.8) is 0 Å². The number of hydrogen-bond acceptors (Lipinski definition) is 3. The molecule has 0 N–H and O–H groups in total. The number of amides is 1. The highest BCUT2D eigenvalue weighted by molar-refractivity contribution is 6.30. The Labute approximate surface area is 156 Å². The van der Waals surface area contributed by atoms with Crippen molar-refractivity contribution in [3.05, 3.63) is 64.6 Å². The standard InChI is InChI=1S/C20H19ClFNO3/c1-12(2)23(11-13-7-8-15(21)16(22)9-13)20(24)18-10-14-5-4-6-17(25-3)19(14)26-18/h4-10,12H,11H2,1-3H3. The fourth-order valence-corrected chi connectivity index (χ4v) is 2.89. The third kappa shape index (κ3) is 3.53. The van der Waals surface area contributed by atoms with Crippen LogP contribution in [0.1, 0.15) is 30.0 Å². The molecule has 1 amide bonds. The lowest BCUT2D eigenvalue weighted by atomic mass is 10.1. The molecular formula is C20H19ClFNO3. The molecule has 0 aliphatic heterocycles. The van der Waals surface area contributed by atoms with Crippen LogP contribution in [0.4, 0.5) is 4.39 Å². The van der Waals surface area contributed by atoms with Gasteiger partial charge >= 0.3 is 0 Å². The van der Waals surface area contributed by atoms with Gasteiger partial charge in [-0.15, -0.1) is 0 Å². The second kappa shape index (κ2) is 7.38. The minimum absolute atomic E-state index is 0.0561. The summed E-state index contributed by atoms with van der Waals surface area (Å²) < 4.78 is 24.7. The summed E-state index contributed by atoms with van der Waals surface area (Å²) in [6.45, 7) is 4.04. The maximum atomic E-state index is 13.7. The maximum Gasteiger partial charge on any atom is 0.290 e. The Hall–Kier alpha value is -2.53. The van der Waals surface area contributed by atoms with Crippen LogP contribution < -0.4 is 4.74 Å². The minimum atomic E-state index is -0.506. The highest BCUT2D eigenvalue weighted by atomic mass is 35.5. The summed E-state index contributed by atoms with van der Waals surface area (Å²) in [6, 6.07) is 11.6. The van der Waals surface area contributed by atoms with Gasteiger partial charge in [-0.3, -0.25) is 4.79 Å². The second-order valence-corrected chi connectivity index (χ2v) is 6.67. The van der Waals surface area contributed by atoms with Gasteiger partial charge in [-0.05, 0) is 43.7 Å². The lowest BCUT2D eigenvalue weighted by Crippen LogP contribution is -2.36. The van der Waals surface area contributed by atoms with Crippen molar-refractivity contribution in [3.8, 4) is 5.75 Å². The Bertz CT molecular complexity index is 951. The number of carbonyl (C=O) groups is 1. The molecule has 0 unspecified atom stereocenters. The average molecular weight is 376 g/mol. The van der Waals surface area contributed by atoms with Gasteiger partial charge in [0.1, 0.15) is 5.82 Å². The van der Waals surface area contributed by atoms with Gasteiger partial charge in [-0.1, -0.05) is 29.8 Å². The second-order valence-electron chi connectivity index (χ2n) is 6.26. The van der Waals surface area contributed by atoms with Crippen molar-refractivity contribution in [1.82, 2.24) is 4.90 Å². The van der Waals surface area contributed by atoms with Crippen molar-refractivity contribution in [2.45, 2.75) is 26.4 Å². The van der Waals surface area contributed by atoms with Crippen molar-refractivity contribution in [2.75, 3.05) is 7.11 Å². The smallest absolute Gasteiger partial charge is 0.290 e. The number of ether oxygens (including phenoxy) is 1. The fourth-order valence-electron chi connectivity index (χ4n) is 2.77. The molecule has 0 aliphatic rings. The molecule has 1 heterocycles. The highest BCUT2D eigenvalue weighted by Crippen LogP contribution is 2.29. The van der Waals surface area contributed by atoms with E-state index in [1.54, 1.807) is 30.2 Å². The first-order valence-electron chi connectivity index (χ1n) is 8.22. The zero-order chi connectivity index (χ0) is 18.8. The number of halogens is 2. The summed E-state index contributed by atoms with van der Waals surface area (Å²) in [6.07, 6.45) is 0. The molecule has 0 saturated carbocycles. The molecule has 2 aromatic carbocycles. The van der Waals surface area contributed by atoms with Gasteiger partial charge in [0, 0.05) is 18.0 Å². The summed E-state index contributed by atoms with van der Waals surface area (Å²) in [7, 11) is 1.55. The molecule has 0 fully saturated rings. The molecule has 4 nitrogen and oxygen atoms in total. The molecule has 0 saturated heterocycles. The van der Waals surface area contributed by atoms with Crippen molar-refractivity contribution in [2.24, 2.45) is 0 Å². The summed E-state index contributed by atoms with van der Waals surface area (Å²) in [4.78, 5) is 14.6. The van der Waals surface area contributed by atoms with Gasteiger partial charge in [-0.25, -0.2) is 4.39 Å². The molecule has 3 rings (SSSR count). The normalized spacial score (nSPS) is 11.2. The summed E-state index contributed by atoms with van der Waals surface area (Å²) in [5, 5.41) is 0.842. The molecule has 0 bridgehead atoms. The summed E-state index contributed by atoms with van der Waals surface area (Å²) >= 11 is 5.73. The molecular weight excluding hydrogens is 357 g/mol. The largest absolute Gasteiger partial charge is 0.493 e. The van der Waals surface area contributed by atoms with Crippen LogP contribution in [-0.4, -0.2) is 24.0 Å². The number of fused-ring (bicyclic) bond motifs is 1. The molecule has 136 valence electrons.